The minimum Gasteiger partial charge on any atom is -0.462 e. The molecule has 0 aliphatic rings. The van der Waals surface area contributed by atoms with Crippen molar-refractivity contribution >= 4 is 39.5 Å². The van der Waals surface area contributed by atoms with Crippen LogP contribution in [0.4, 0.5) is 0 Å². The summed E-state index contributed by atoms with van der Waals surface area (Å²) in [5.41, 5.74) is 0. The van der Waals surface area contributed by atoms with Gasteiger partial charge in [0.2, 0.25) is 0 Å². The fraction of sp³-hybridized carbons (Fsp3) is 0.948. The van der Waals surface area contributed by atoms with E-state index in [2.05, 4.69) is 55.4 Å². The van der Waals surface area contributed by atoms with Crippen LogP contribution in [0.2, 0.25) is 0 Å². The monoisotopic (exact) mass is 1410 g/mol. The molecule has 0 heterocycles. The second kappa shape index (κ2) is 66.3. The second-order valence-electron chi connectivity index (χ2n) is 29.4. The Labute approximate surface area is 588 Å². The summed E-state index contributed by atoms with van der Waals surface area (Å²) in [7, 11) is -9.91. The number of rotatable bonds is 74. The van der Waals surface area contributed by atoms with Crippen LogP contribution in [-0.4, -0.2) is 96.7 Å². The molecule has 3 N–H and O–H groups in total. The molecule has 0 saturated heterocycles. The first-order valence-electron chi connectivity index (χ1n) is 39.7. The molecule has 0 aromatic heterocycles. The van der Waals surface area contributed by atoms with Crippen molar-refractivity contribution < 1.29 is 80.2 Å². The van der Waals surface area contributed by atoms with Gasteiger partial charge in [0.05, 0.1) is 26.4 Å². The van der Waals surface area contributed by atoms with Crippen LogP contribution in [0.3, 0.4) is 0 Å². The van der Waals surface area contributed by atoms with Gasteiger partial charge >= 0.3 is 39.5 Å². The van der Waals surface area contributed by atoms with E-state index >= 15 is 0 Å². The fourth-order valence-electron chi connectivity index (χ4n) is 11.7. The molecule has 6 atom stereocenters. The van der Waals surface area contributed by atoms with Gasteiger partial charge in [0, 0.05) is 25.7 Å². The van der Waals surface area contributed by atoms with Gasteiger partial charge in [0.1, 0.15) is 19.3 Å². The standard InChI is InChI=1S/C77H150O17P2/c1-9-70(8)56-48-40-31-25-18-14-10-11-15-19-26-32-41-49-57-74(79)87-63-72(93-76(81)59-51-43-33-27-20-16-12-13-17-23-29-37-45-53-67(2)3)65-91-95(83,84)89-61-71(78)62-90-96(85,86)92-66-73(64-88-75(80)58-50-42-36-35-39-47-55-69(6)7)94-77(82)60-52-44-34-28-22-21-24-30-38-46-54-68(4)5/h67-73,78H,9-66H2,1-8H3,(H,83,84)(H,85,86)/t70?,71-,72-,73-/m1/s1. The molecule has 0 amide bonds. The van der Waals surface area contributed by atoms with Crippen LogP contribution in [0.5, 0.6) is 0 Å². The molecule has 0 rings (SSSR count). The summed E-state index contributed by atoms with van der Waals surface area (Å²) in [4.78, 5) is 72.8. The molecule has 0 saturated carbocycles. The van der Waals surface area contributed by atoms with E-state index in [1.807, 2.05) is 0 Å². The van der Waals surface area contributed by atoms with Crippen molar-refractivity contribution in [1.29, 1.82) is 0 Å². The summed E-state index contributed by atoms with van der Waals surface area (Å²) in [6, 6.07) is 0. The number of aliphatic hydroxyl groups excluding tert-OH is 1. The maximum absolute atomic E-state index is 13.1. The van der Waals surface area contributed by atoms with E-state index in [0.29, 0.717) is 31.6 Å². The molecular weight excluding hydrogens is 1260 g/mol. The molecule has 0 aliphatic carbocycles. The fourth-order valence-corrected chi connectivity index (χ4v) is 13.3. The van der Waals surface area contributed by atoms with Gasteiger partial charge in [-0.05, 0) is 49.4 Å². The maximum Gasteiger partial charge on any atom is 0.472 e. The third-order valence-corrected chi connectivity index (χ3v) is 20.1. The Bertz CT molecular complexity index is 1890. The van der Waals surface area contributed by atoms with Gasteiger partial charge in [0.15, 0.2) is 12.2 Å². The van der Waals surface area contributed by atoms with Gasteiger partial charge in [-0.25, -0.2) is 9.13 Å². The summed E-state index contributed by atoms with van der Waals surface area (Å²) in [6.07, 6.45) is 51.4. The topological polar surface area (TPSA) is 237 Å². The minimum atomic E-state index is -4.96. The molecular formula is C77H150O17P2. The van der Waals surface area contributed by atoms with Crippen LogP contribution in [0.1, 0.15) is 389 Å². The van der Waals surface area contributed by atoms with Gasteiger partial charge in [-0.1, -0.05) is 338 Å². The molecule has 96 heavy (non-hydrogen) atoms. The van der Waals surface area contributed by atoms with Crippen LogP contribution in [-0.2, 0) is 65.4 Å². The second-order valence-corrected chi connectivity index (χ2v) is 32.3. The Morgan fingerprint density at radius 1 is 0.292 bits per heavy atom. The lowest BCUT2D eigenvalue weighted by atomic mass is 9.99. The zero-order valence-electron chi connectivity index (χ0n) is 63.0. The maximum atomic E-state index is 13.1. The van der Waals surface area contributed by atoms with Crippen molar-refractivity contribution in [1.82, 2.24) is 0 Å². The normalized spacial score (nSPS) is 14.4. The van der Waals surface area contributed by atoms with Gasteiger partial charge in [-0.15, -0.1) is 0 Å². The highest BCUT2D eigenvalue weighted by molar-refractivity contribution is 7.47. The number of hydrogen-bond donors (Lipinski definition) is 3. The predicted molar refractivity (Wildman–Crippen MR) is 391 cm³/mol. The van der Waals surface area contributed by atoms with E-state index in [1.165, 1.54) is 186 Å². The van der Waals surface area contributed by atoms with Crippen molar-refractivity contribution in [3.63, 3.8) is 0 Å². The Hall–Kier alpha value is -1.94. The Morgan fingerprint density at radius 2 is 0.500 bits per heavy atom. The third kappa shape index (κ3) is 69.2. The van der Waals surface area contributed by atoms with Crippen molar-refractivity contribution in [2.24, 2.45) is 23.7 Å². The highest BCUT2D eigenvalue weighted by Crippen LogP contribution is 2.45. The first kappa shape index (κ1) is 94.1. The minimum absolute atomic E-state index is 0.105. The lowest BCUT2D eigenvalue weighted by Crippen LogP contribution is -2.30. The highest BCUT2D eigenvalue weighted by Gasteiger charge is 2.30. The average molecular weight is 1410 g/mol. The largest absolute Gasteiger partial charge is 0.472 e. The summed E-state index contributed by atoms with van der Waals surface area (Å²) in [6.45, 7) is 14.2. The number of esters is 4. The number of unbranched alkanes of at least 4 members (excludes halogenated alkanes) is 39. The zero-order valence-corrected chi connectivity index (χ0v) is 64.8. The van der Waals surface area contributed by atoms with E-state index in [1.54, 1.807) is 0 Å². The predicted octanol–water partition coefficient (Wildman–Crippen LogP) is 22.4. The lowest BCUT2D eigenvalue weighted by Gasteiger charge is -2.21. The number of aliphatic hydroxyl groups is 1. The highest BCUT2D eigenvalue weighted by atomic mass is 31.2. The molecule has 0 aromatic rings. The smallest absolute Gasteiger partial charge is 0.462 e. The van der Waals surface area contributed by atoms with Gasteiger partial charge in [-0.2, -0.15) is 0 Å². The summed E-state index contributed by atoms with van der Waals surface area (Å²) in [5, 5.41) is 10.6. The Kier molecular flexibility index (Phi) is 65.0. The first-order valence-corrected chi connectivity index (χ1v) is 42.7. The third-order valence-electron chi connectivity index (χ3n) is 18.2. The molecule has 3 unspecified atom stereocenters. The van der Waals surface area contributed by atoms with E-state index in [-0.39, 0.29) is 25.7 Å². The zero-order chi connectivity index (χ0) is 71.0. The number of hydrogen-bond acceptors (Lipinski definition) is 15. The molecule has 19 heteroatoms. The number of phosphoric ester groups is 2. The van der Waals surface area contributed by atoms with Crippen LogP contribution in [0, 0.1) is 23.7 Å². The first-order chi connectivity index (χ1) is 46.1. The Balaban J connectivity index is 5.24. The van der Waals surface area contributed by atoms with Crippen LogP contribution >= 0.6 is 15.6 Å². The van der Waals surface area contributed by atoms with Gasteiger partial charge in [0.25, 0.3) is 0 Å². The van der Waals surface area contributed by atoms with E-state index in [4.69, 9.17) is 37.0 Å². The van der Waals surface area contributed by atoms with E-state index in [9.17, 15) is 43.2 Å². The SMILES string of the molecule is CCC(C)CCCCCCCCCCCCCCCCC(=O)OC[C@H](COP(=O)(O)OC[C@@H](O)COP(=O)(O)OC[C@@H](COC(=O)CCCCCCCCC(C)C)OC(=O)CCCCCCCCCCCCC(C)C)OC(=O)CCCCCCCCCCCCCCCC(C)C. The van der Waals surface area contributed by atoms with Gasteiger partial charge in [-0.3, -0.25) is 37.3 Å². The number of ether oxygens (including phenoxy) is 4. The van der Waals surface area contributed by atoms with Gasteiger partial charge < -0.3 is 33.8 Å². The average Bonchev–Trinajstić information content (AvgIpc) is 1.28. The molecule has 0 aliphatic heterocycles. The van der Waals surface area contributed by atoms with Crippen molar-refractivity contribution in [2.45, 2.75) is 408 Å². The van der Waals surface area contributed by atoms with Crippen LogP contribution in [0.15, 0.2) is 0 Å². The summed E-state index contributed by atoms with van der Waals surface area (Å²) in [5.74, 6) is 0.947. The van der Waals surface area contributed by atoms with E-state index < -0.39 is 97.5 Å². The molecule has 0 spiro atoms. The molecule has 0 fully saturated rings. The molecule has 0 aromatic carbocycles. The van der Waals surface area contributed by atoms with Crippen molar-refractivity contribution in [3.8, 4) is 0 Å². The number of phosphoric acid groups is 2. The summed E-state index contributed by atoms with van der Waals surface area (Å²) >= 11 is 0. The number of carbonyl (C=O) groups excluding carboxylic acids is 4. The Morgan fingerprint density at radius 3 is 0.740 bits per heavy atom. The molecule has 0 radical (unpaired) electrons. The lowest BCUT2D eigenvalue weighted by molar-refractivity contribution is -0.161. The number of carbonyl (C=O) groups is 4. The molecule has 0 bridgehead atoms. The van der Waals surface area contributed by atoms with Crippen molar-refractivity contribution in [2.75, 3.05) is 39.6 Å². The quantitative estimate of drug-likeness (QED) is 0.0222. The van der Waals surface area contributed by atoms with Crippen LogP contribution in [0.25, 0.3) is 0 Å². The van der Waals surface area contributed by atoms with E-state index in [0.717, 1.165) is 114 Å². The molecule has 17 nitrogen and oxygen atoms in total. The van der Waals surface area contributed by atoms with Crippen LogP contribution < -0.4 is 0 Å². The summed E-state index contributed by atoms with van der Waals surface area (Å²) < 4.78 is 68.5. The molecule has 570 valence electrons. The van der Waals surface area contributed by atoms with Crippen molar-refractivity contribution in [3.05, 3.63) is 0 Å².